The number of benzene rings is 1. The predicted molar refractivity (Wildman–Crippen MR) is 71.2 cm³/mol. The van der Waals surface area contributed by atoms with Gasteiger partial charge in [0.1, 0.15) is 0 Å². The van der Waals surface area contributed by atoms with Crippen molar-refractivity contribution in [3.05, 3.63) is 35.9 Å². The third-order valence-corrected chi connectivity index (χ3v) is 2.74. The van der Waals surface area contributed by atoms with Crippen LogP contribution in [0.2, 0.25) is 0 Å². The molecule has 0 heterocycles. The van der Waals surface area contributed by atoms with Gasteiger partial charge in [0.05, 0.1) is 0 Å². The summed E-state index contributed by atoms with van der Waals surface area (Å²) in [6, 6.07) is 9.34. The molecule has 0 saturated carbocycles. The Morgan fingerprint density at radius 1 is 1.18 bits per heavy atom. The van der Waals surface area contributed by atoms with Crippen LogP contribution in [0.3, 0.4) is 0 Å². The zero-order valence-corrected chi connectivity index (χ0v) is 10.8. The monoisotopic (exact) mass is 234 g/mol. The number of nitrogens with zero attached hydrogens (tertiary/aromatic N) is 1. The van der Waals surface area contributed by atoms with Gasteiger partial charge in [-0.15, -0.1) is 0 Å². The number of likely N-dealkylation sites (N-methyl/N-ethyl adjacent to an activating group) is 1. The first-order chi connectivity index (χ1) is 8.27. The van der Waals surface area contributed by atoms with Gasteiger partial charge in [-0.2, -0.15) is 0 Å². The largest absolute Gasteiger partial charge is 0.351 e. The van der Waals surface area contributed by atoms with Crippen LogP contribution < -0.4 is 5.32 Å². The lowest BCUT2D eigenvalue weighted by Crippen LogP contribution is -2.35. The minimum absolute atomic E-state index is 0.0122. The van der Waals surface area contributed by atoms with E-state index in [4.69, 9.17) is 0 Å². The summed E-state index contributed by atoms with van der Waals surface area (Å²) in [5, 5.41) is 2.94. The van der Waals surface area contributed by atoms with Crippen LogP contribution in [0.4, 0.5) is 0 Å². The van der Waals surface area contributed by atoms with E-state index in [0.29, 0.717) is 6.54 Å². The number of hydrogen-bond donors (Lipinski definition) is 1. The van der Waals surface area contributed by atoms with Crippen LogP contribution in [0.25, 0.3) is 0 Å². The van der Waals surface area contributed by atoms with Gasteiger partial charge < -0.3 is 10.2 Å². The molecule has 1 rings (SSSR count). The van der Waals surface area contributed by atoms with E-state index in [1.807, 2.05) is 30.3 Å². The second-order valence-corrected chi connectivity index (χ2v) is 4.06. The number of hydrogen-bond acceptors (Lipinski definition) is 2. The normalized spacial score (nSPS) is 10.5. The molecule has 1 aromatic rings. The number of carbonyl (C=O) groups is 1. The summed E-state index contributed by atoms with van der Waals surface area (Å²) in [5.74, 6) is 0.0122. The van der Waals surface area contributed by atoms with Gasteiger partial charge in [-0.25, -0.2) is 0 Å². The van der Waals surface area contributed by atoms with E-state index < -0.39 is 0 Å². The maximum atomic E-state index is 11.7. The van der Waals surface area contributed by atoms with E-state index in [2.05, 4.69) is 24.1 Å². The van der Waals surface area contributed by atoms with Crippen LogP contribution in [-0.4, -0.2) is 37.0 Å². The fourth-order valence-electron chi connectivity index (χ4n) is 1.76. The van der Waals surface area contributed by atoms with Crippen LogP contribution in [0.1, 0.15) is 30.6 Å². The molecule has 0 saturated heterocycles. The van der Waals surface area contributed by atoms with Crippen molar-refractivity contribution in [1.82, 2.24) is 10.2 Å². The van der Waals surface area contributed by atoms with Gasteiger partial charge >= 0.3 is 0 Å². The van der Waals surface area contributed by atoms with Crippen molar-refractivity contribution in [2.24, 2.45) is 0 Å². The molecule has 0 bridgehead atoms. The lowest BCUT2D eigenvalue weighted by Gasteiger charge is -2.19. The van der Waals surface area contributed by atoms with Gasteiger partial charge in [0.15, 0.2) is 0 Å². The Bertz CT molecular complexity index is 324. The zero-order valence-electron chi connectivity index (χ0n) is 10.8. The van der Waals surface area contributed by atoms with Crippen molar-refractivity contribution in [2.45, 2.75) is 20.3 Å². The second kappa shape index (κ2) is 7.85. The first-order valence-corrected chi connectivity index (χ1v) is 6.33. The smallest absolute Gasteiger partial charge is 0.251 e. The van der Waals surface area contributed by atoms with Crippen molar-refractivity contribution < 1.29 is 4.79 Å². The second-order valence-electron chi connectivity index (χ2n) is 4.06. The van der Waals surface area contributed by atoms with E-state index in [1.54, 1.807) is 0 Å². The third kappa shape index (κ3) is 5.00. The molecule has 1 N–H and O–H groups in total. The molecule has 1 amide bonds. The topological polar surface area (TPSA) is 32.3 Å². The van der Waals surface area contributed by atoms with Gasteiger partial charge in [0.2, 0.25) is 0 Å². The number of amides is 1. The lowest BCUT2D eigenvalue weighted by molar-refractivity contribution is 0.0948. The van der Waals surface area contributed by atoms with Crippen molar-refractivity contribution in [3.8, 4) is 0 Å². The highest BCUT2D eigenvalue weighted by atomic mass is 16.1. The van der Waals surface area contributed by atoms with Crippen LogP contribution in [0.5, 0.6) is 0 Å². The van der Waals surface area contributed by atoms with E-state index in [1.165, 1.54) is 0 Å². The van der Waals surface area contributed by atoms with Gasteiger partial charge in [-0.05, 0) is 31.6 Å². The first kappa shape index (κ1) is 13.7. The van der Waals surface area contributed by atoms with Gasteiger partial charge in [0, 0.05) is 18.7 Å². The van der Waals surface area contributed by atoms with E-state index in [0.717, 1.165) is 31.6 Å². The molecule has 0 aromatic heterocycles. The molecule has 0 fully saturated rings. The summed E-state index contributed by atoms with van der Waals surface area (Å²) >= 11 is 0. The van der Waals surface area contributed by atoms with Gasteiger partial charge in [-0.3, -0.25) is 4.79 Å². The van der Waals surface area contributed by atoms with E-state index in [9.17, 15) is 4.79 Å². The first-order valence-electron chi connectivity index (χ1n) is 6.33. The van der Waals surface area contributed by atoms with Gasteiger partial charge in [-0.1, -0.05) is 32.0 Å². The average Bonchev–Trinajstić information content (AvgIpc) is 2.38. The molecule has 0 aliphatic rings. The van der Waals surface area contributed by atoms with Crippen LogP contribution in [0, 0.1) is 0 Å². The minimum atomic E-state index is 0.0122. The summed E-state index contributed by atoms with van der Waals surface area (Å²) in [6.45, 7) is 8.08. The maximum Gasteiger partial charge on any atom is 0.251 e. The Morgan fingerprint density at radius 2 is 1.88 bits per heavy atom. The molecule has 0 aliphatic heterocycles. The highest BCUT2D eigenvalue weighted by Gasteiger charge is 2.04. The molecule has 0 unspecified atom stereocenters. The summed E-state index contributed by atoms with van der Waals surface area (Å²) in [5.41, 5.74) is 0.728. The number of rotatable bonds is 7. The Morgan fingerprint density at radius 3 is 2.47 bits per heavy atom. The molecule has 0 aliphatic carbocycles. The Labute approximate surface area is 104 Å². The SMILES string of the molecule is CCCN(CC)CCNC(=O)c1ccccc1. The Kier molecular flexibility index (Phi) is 6.33. The van der Waals surface area contributed by atoms with Crippen LogP contribution in [0.15, 0.2) is 30.3 Å². The molecule has 3 heteroatoms. The maximum absolute atomic E-state index is 11.7. The highest BCUT2D eigenvalue weighted by Crippen LogP contribution is 1.97. The standard InChI is InChI=1S/C14H22N2O/c1-3-11-16(4-2)12-10-15-14(17)13-8-6-5-7-9-13/h5-9H,3-4,10-12H2,1-2H3,(H,15,17). The van der Waals surface area contributed by atoms with Crippen LogP contribution >= 0.6 is 0 Å². The van der Waals surface area contributed by atoms with Crippen molar-refractivity contribution in [3.63, 3.8) is 0 Å². The quantitative estimate of drug-likeness (QED) is 0.784. The predicted octanol–water partition coefficient (Wildman–Crippen LogP) is 2.15. The molecule has 94 valence electrons. The summed E-state index contributed by atoms with van der Waals surface area (Å²) in [6.07, 6.45) is 1.15. The van der Waals surface area contributed by atoms with Crippen molar-refractivity contribution in [1.29, 1.82) is 0 Å². The number of carbonyl (C=O) groups excluding carboxylic acids is 1. The minimum Gasteiger partial charge on any atom is -0.351 e. The van der Waals surface area contributed by atoms with Crippen LogP contribution in [-0.2, 0) is 0 Å². The summed E-state index contributed by atoms with van der Waals surface area (Å²) in [7, 11) is 0. The van der Waals surface area contributed by atoms with E-state index >= 15 is 0 Å². The zero-order chi connectivity index (χ0) is 12.5. The molecule has 0 atom stereocenters. The average molecular weight is 234 g/mol. The fraction of sp³-hybridized carbons (Fsp3) is 0.500. The summed E-state index contributed by atoms with van der Waals surface area (Å²) < 4.78 is 0. The molecule has 1 aromatic carbocycles. The molecular weight excluding hydrogens is 212 g/mol. The highest BCUT2D eigenvalue weighted by molar-refractivity contribution is 5.94. The van der Waals surface area contributed by atoms with E-state index in [-0.39, 0.29) is 5.91 Å². The molecule has 0 radical (unpaired) electrons. The Hall–Kier alpha value is -1.35. The molecule has 0 spiro atoms. The third-order valence-electron chi connectivity index (χ3n) is 2.74. The molecule has 17 heavy (non-hydrogen) atoms. The number of nitrogens with one attached hydrogen (secondary N) is 1. The fourth-order valence-corrected chi connectivity index (χ4v) is 1.76. The van der Waals surface area contributed by atoms with Crippen molar-refractivity contribution >= 4 is 5.91 Å². The summed E-state index contributed by atoms with van der Waals surface area (Å²) in [4.78, 5) is 14.1. The Balaban J connectivity index is 2.29. The van der Waals surface area contributed by atoms with Gasteiger partial charge in [0.25, 0.3) is 5.91 Å². The lowest BCUT2D eigenvalue weighted by atomic mass is 10.2. The molecular formula is C14H22N2O. The molecule has 3 nitrogen and oxygen atoms in total. The van der Waals surface area contributed by atoms with Crippen molar-refractivity contribution in [2.75, 3.05) is 26.2 Å².